The van der Waals surface area contributed by atoms with E-state index in [1.54, 1.807) is 18.2 Å². The summed E-state index contributed by atoms with van der Waals surface area (Å²) in [5.41, 5.74) is 0.0566. The monoisotopic (exact) mass is 275 g/mol. The minimum absolute atomic E-state index is 0.388. The Morgan fingerprint density at radius 2 is 2.05 bits per heavy atom. The fraction of sp³-hybridized carbons (Fsp3) is 0.500. The van der Waals surface area contributed by atoms with E-state index in [1.165, 1.54) is 0 Å². The molecule has 108 valence electrons. The maximum atomic E-state index is 11.0. The molecule has 1 aromatic carbocycles. The second kappa shape index (κ2) is 7.54. The van der Waals surface area contributed by atoms with Crippen LogP contribution in [0.3, 0.4) is 0 Å². The third kappa shape index (κ3) is 4.93. The molecule has 0 aliphatic carbocycles. The van der Waals surface area contributed by atoms with E-state index < -0.39 is 5.41 Å². The van der Waals surface area contributed by atoms with Gasteiger partial charge >= 0.3 is 0 Å². The van der Waals surface area contributed by atoms with Gasteiger partial charge in [0.2, 0.25) is 0 Å². The van der Waals surface area contributed by atoms with Gasteiger partial charge in [-0.2, -0.15) is 5.26 Å². The quantitative estimate of drug-likeness (QED) is 0.680. The largest absolute Gasteiger partial charge is 0.493 e. The van der Waals surface area contributed by atoms with E-state index in [4.69, 9.17) is 14.7 Å². The number of carbonyl (C=O) groups is 1. The first-order valence-electron chi connectivity index (χ1n) is 6.78. The van der Waals surface area contributed by atoms with Gasteiger partial charge in [0.25, 0.3) is 0 Å². The average Bonchev–Trinajstić information content (AvgIpc) is 2.45. The molecule has 0 aliphatic rings. The Labute approximate surface area is 120 Å². The number of aldehydes is 1. The van der Waals surface area contributed by atoms with E-state index in [0.717, 1.165) is 12.7 Å². The number of benzene rings is 1. The zero-order valence-electron chi connectivity index (χ0n) is 12.3. The maximum Gasteiger partial charge on any atom is 0.153 e. The number of hydrogen-bond donors (Lipinski definition) is 0. The van der Waals surface area contributed by atoms with Crippen molar-refractivity contribution in [2.45, 2.75) is 33.6 Å². The molecule has 0 aromatic heterocycles. The summed E-state index contributed by atoms with van der Waals surface area (Å²) in [5.74, 6) is 1.19. The Balaban J connectivity index is 2.71. The Bertz CT molecular complexity index is 489. The number of carbonyl (C=O) groups excluding carboxylic acids is 1. The van der Waals surface area contributed by atoms with Crippen LogP contribution in [0.15, 0.2) is 18.2 Å². The van der Waals surface area contributed by atoms with Gasteiger partial charge in [0.1, 0.15) is 11.5 Å². The van der Waals surface area contributed by atoms with E-state index in [2.05, 4.69) is 6.07 Å². The van der Waals surface area contributed by atoms with Crippen LogP contribution in [0.4, 0.5) is 0 Å². The van der Waals surface area contributed by atoms with E-state index in [-0.39, 0.29) is 0 Å². The standard InChI is InChI=1S/C16H21NO3/c1-4-8-19-14-6-5-13(11-18)15(10-14)20-9-7-16(2,3)12-17/h5-6,10-11H,4,7-9H2,1-3H3. The lowest BCUT2D eigenvalue weighted by Crippen LogP contribution is -2.13. The molecule has 0 unspecified atom stereocenters. The van der Waals surface area contributed by atoms with E-state index in [0.29, 0.717) is 36.7 Å². The summed E-state index contributed by atoms with van der Waals surface area (Å²) >= 11 is 0. The zero-order valence-corrected chi connectivity index (χ0v) is 12.3. The number of rotatable bonds is 8. The highest BCUT2D eigenvalue weighted by Gasteiger charge is 2.17. The highest BCUT2D eigenvalue weighted by molar-refractivity contribution is 5.79. The molecule has 0 N–H and O–H groups in total. The van der Waals surface area contributed by atoms with Crippen molar-refractivity contribution in [3.8, 4) is 17.6 Å². The first-order chi connectivity index (χ1) is 9.52. The van der Waals surface area contributed by atoms with Crippen molar-refractivity contribution in [3.05, 3.63) is 23.8 Å². The predicted molar refractivity (Wildman–Crippen MR) is 77.1 cm³/mol. The van der Waals surface area contributed by atoms with E-state index in [9.17, 15) is 4.79 Å². The molecular formula is C16H21NO3. The molecule has 0 radical (unpaired) electrons. The third-order valence-electron chi connectivity index (χ3n) is 2.87. The molecule has 0 atom stereocenters. The van der Waals surface area contributed by atoms with Crippen molar-refractivity contribution in [3.63, 3.8) is 0 Å². The van der Waals surface area contributed by atoms with Crippen molar-refractivity contribution < 1.29 is 14.3 Å². The summed E-state index contributed by atoms with van der Waals surface area (Å²) in [5, 5.41) is 8.95. The second-order valence-corrected chi connectivity index (χ2v) is 5.26. The van der Waals surface area contributed by atoms with Gasteiger partial charge in [-0.25, -0.2) is 0 Å². The van der Waals surface area contributed by atoms with Crippen molar-refractivity contribution in [1.82, 2.24) is 0 Å². The molecule has 4 nitrogen and oxygen atoms in total. The van der Waals surface area contributed by atoms with Gasteiger partial charge in [0, 0.05) is 6.07 Å². The summed E-state index contributed by atoms with van der Waals surface area (Å²) in [7, 11) is 0. The van der Waals surface area contributed by atoms with Crippen LogP contribution in [-0.4, -0.2) is 19.5 Å². The number of nitrogens with zero attached hydrogens (tertiary/aromatic N) is 1. The summed E-state index contributed by atoms with van der Waals surface area (Å²) in [6.45, 7) is 6.76. The Hall–Kier alpha value is -2.02. The van der Waals surface area contributed by atoms with Gasteiger partial charge in [-0.05, 0) is 38.8 Å². The van der Waals surface area contributed by atoms with Crippen LogP contribution < -0.4 is 9.47 Å². The van der Waals surface area contributed by atoms with E-state index >= 15 is 0 Å². The lowest BCUT2D eigenvalue weighted by Gasteiger charge is -2.16. The molecule has 4 heteroatoms. The predicted octanol–water partition coefficient (Wildman–Crippen LogP) is 3.61. The Kier molecular flexibility index (Phi) is 6.05. The first kappa shape index (κ1) is 16.0. The lowest BCUT2D eigenvalue weighted by atomic mass is 9.92. The molecule has 0 fully saturated rings. The zero-order chi connectivity index (χ0) is 15.0. The van der Waals surface area contributed by atoms with Crippen LogP contribution in [0.1, 0.15) is 44.0 Å². The fourth-order valence-corrected chi connectivity index (χ4v) is 1.52. The smallest absolute Gasteiger partial charge is 0.153 e. The molecule has 0 heterocycles. The van der Waals surface area contributed by atoms with Crippen molar-refractivity contribution in [1.29, 1.82) is 5.26 Å². The molecule has 20 heavy (non-hydrogen) atoms. The minimum atomic E-state index is -0.433. The first-order valence-corrected chi connectivity index (χ1v) is 6.78. The van der Waals surface area contributed by atoms with E-state index in [1.807, 2.05) is 20.8 Å². The van der Waals surface area contributed by atoms with Crippen LogP contribution in [0, 0.1) is 16.7 Å². The van der Waals surface area contributed by atoms with Crippen molar-refractivity contribution in [2.75, 3.05) is 13.2 Å². The van der Waals surface area contributed by atoms with Crippen molar-refractivity contribution >= 4 is 6.29 Å². The molecule has 0 aliphatic heterocycles. The highest BCUT2D eigenvalue weighted by Crippen LogP contribution is 2.25. The summed E-state index contributed by atoms with van der Waals surface area (Å²) in [4.78, 5) is 11.0. The van der Waals surface area contributed by atoms with Gasteiger partial charge in [-0.3, -0.25) is 4.79 Å². The normalized spacial score (nSPS) is 10.7. The Morgan fingerprint density at radius 3 is 2.65 bits per heavy atom. The molecule has 0 amide bonds. The van der Waals surface area contributed by atoms with Crippen molar-refractivity contribution in [2.24, 2.45) is 5.41 Å². The third-order valence-corrected chi connectivity index (χ3v) is 2.87. The van der Waals surface area contributed by atoms with Crippen LogP contribution >= 0.6 is 0 Å². The summed E-state index contributed by atoms with van der Waals surface area (Å²) in [6.07, 6.45) is 2.28. The minimum Gasteiger partial charge on any atom is -0.493 e. The maximum absolute atomic E-state index is 11.0. The number of ether oxygens (including phenoxy) is 2. The van der Waals surface area contributed by atoms with Crippen LogP contribution in [-0.2, 0) is 0 Å². The van der Waals surface area contributed by atoms with Crippen LogP contribution in [0.25, 0.3) is 0 Å². The SMILES string of the molecule is CCCOc1ccc(C=O)c(OCCC(C)(C)C#N)c1. The fourth-order valence-electron chi connectivity index (χ4n) is 1.52. The lowest BCUT2D eigenvalue weighted by molar-refractivity contribution is 0.111. The summed E-state index contributed by atoms with van der Waals surface area (Å²) < 4.78 is 11.1. The molecule has 0 bridgehead atoms. The molecule has 0 spiro atoms. The molecule has 0 saturated heterocycles. The van der Waals surface area contributed by atoms with Gasteiger partial charge < -0.3 is 9.47 Å². The number of hydrogen-bond acceptors (Lipinski definition) is 4. The molecular weight excluding hydrogens is 254 g/mol. The second-order valence-electron chi connectivity index (χ2n) is 5.26. The number of nitriles is 1. The average molecular weight is 275 g/mol. The van der Waals surface area contributed by atoms with Crippen LogP contribution in [0.5, 0.6) is 11.5 Å². The van der Waals surface area contributed by atoms with Crippen LogP contribution in [0.2, 0.25) is 0 Å². The highest BCUT2D eigenvalue weighted by atomic mass is 16.5. The van der Waals surface area contributed by atoms with Gasteiger partial charge in [-0.1, -0.05) is 6.92 Å². The molecule has 0 saturated carbocycles. The Morgan fingerprint density at radius 1 is 1.30 bits per heavy atom. The molecule has 1 aromatic rings. The van der Waals surface area contributed by atoms with Gasteiger partial charge in [0.15, 0.2) is 6.29 Å². The van der Waals surface area contributed by atoms with Gasteiger partial charge in [0.05, 0.1) is 30.3 Å². The topological polar surface area (TPSA) is 59.3 Å². The molecule has 1 rings (SSSR count). The van der Waals surface area contributed by atoms with Gasteiger partial charge in [-0.15, -0.1) is 0 Å². The summed E-state index contributed by atoms with van der Waals surface area (Å²) in [6, 6.07) is 7.38.